The van der Waals surface area contributed by atoms with Gasteiger partial charge in [0.2, 0.25) is 10.0 Å². The average Bonchev–Trinajstić information content (AvgIpc) is 2.60. The molecule has 2 aromatic carbocycles. The zero-order valence-electron chi connectivity index (χ0n) is 13.9. The summed E-state index contributed by atoms with van der Waals surface area (Å²) < 4.78 is 25.7. The summed E-state index contributed by atoms with van der Waals surface area (Å²) in [7, 11) is -2.48. The second-order valence-corrected chi connectivity index (χ2v) is 7.32. The molecule has 0 aliphatic heterocycles. The number of nitro groups is 1. The Kier molecular flexibility index (Phi) is 5.94. The molecule has 134 valence electrons. The molecular weight excluding hydrogens is 344 g/mol. The largest absolute Gasteiger partial charge is 0.381 e. The summed E-state index contributed by atoms with van der Waals surface area (Å²) in [5, 5.41) is 17.5. The number of anilines is 2. The Hall–Kier alpha value is -2.65. The van der Waals surface area contributed by atoms with Gasteiger partial charge in [-0.25, -0.2) is 13.1 Å². The lowest BCUT2D eigenvalue weighted by Crippen LogP contribution is -2.25. The number of hydrogen-bond donors (Lipinski definition) is 3. The van der Waals surface area contributed by atoms with Crippen LogP contribution in [0.2, 0.25) is 0 Å². The molecule has 2 rings (SSSR count). The van der Waals surface area contributed by atoms with Gasteiger partial charge >= 0.3 is 0 Å². The van der Waals surface area contributed by atoms with Crippen molar-refractivity contribution in [2.24, 2.45) is 0 Å². The lowest BCUT2D eigenvalue weighted by Gasteiger charge is -2.17. The molecule has 0 heterocycles. The smallest absolute Gasteiger partial charge is 0.293 e. The fourth-order valence-corrected chi connectivity index (χ4v) is 2.98. The highest BCUT2D eigenvalue weighted by Gasteiger charge is 2.20. The normalized spacial score (nSPS) is 12.4. The van der Waals surface area contributed by atoms with Crippen molar-refractivity contribution in [2.45, 2.75) is 17.9 Å². The maximum Gasteiger partial charge on any atom is 0.293 e. The van der Waals surface area contributed by atoms with Crippen LogP contribution in [0.3, 0.4) is 0 Å². The molecule has 0 spiro atoms. The Morgan fingerprint density at radius 2 is 1.84 bits per heavy atom. The Bertz CT molecular complexity index is 840. The summed E-state index contributed by atoms with van der Waals surface area (Å²) in [5.41, 5.74) is 0.923. The van der Waals surface area contributed by atoms with Crippen molar-refractivity contribution in [1.82, 2.24) is 4.72 Å². The molecule has 8 nitrogen and oxygen atoms in total. The van der Waals surface area contributed by atoms with Crippen LogP contribution in [0, 0.1) is 10.1 Å². The third-order valence-corrected chi connectivity index (χ3v) is 4.94. The highest BCUT2D eigenvalue weighted by atomic mass is 32.2. The van der Waals surface area contributed by atoms with Crippen molar-refractivity contribution in [3.8, 4) is 0 Å². The number of nitrogens with zero attached hydrogens (tertiary/aromatic N) is 1. The zero-order chi connectivity index (χ0) is 18.4. The lowest BCUT2D eigenvalue weighted by atomic mass is 10.2. The third-order valence-electron chi connectivity index (χ3n) is 3.53. The van der Waals surface area contributed by atoms with E-state index in [9.17, 15) is 18.5 Å². The number of benzene rings is 2. The van der Waals surface area contributed by atoms with E-state index in [-0.39, 0.29) is 22.3 Å². The van der Waals surface area contributed by atoms with Crippen LogP contribution in [-0.2, 0) is 10.0 Å². The first-order chi connectivity index (χ1) is 11.8. The van der Waals surface area contributed by atoms with E-state index in [1.54, 1.807) is 0 Å². The number of hydrogen-bond acceptors (Lipinski definition) is 6. The van der Waals surface area contributed by atoms with Crippen LogP contribution < -0.4 is 15.4 Å². The van der Waals surface area contributed by atoms with E-state index in [1.807, 2.05) is 37.3 Å². The van der Waals surface area contributed by atoms with Gasteiger partial charge in [-0.3, -0.25) is 10.1 Å². The Labute approximate surface area is 146 Å². The van der Waals surface area contributed by atoms with Crippen molar-refractivity contribution < 1.29 is 13.3 Å². The minimum atomic E-state index is -3.74. The van der Waals surface area contributed by atoms with Gasteiger partial charge < -0.3 is 10.6 Å². The minimum absolute atomic E-state index is 0.00252. The SMILES string of the molecule is CNS(=O)(=O)c1ccc(NCC(C)Nc2ccccc2)c([N+](=O)[O-])c1. The summed E-state index contributed by atoms with van der Waals surface area (Å²) in [6.45, 7) is 2.36. The van der Waals surface area contributed by atoms with Gasteiger partial charge in [-0.2, -0.15) is 0 Å². The second kappa shape index (κ2) is 7.95. The standard InChI is InChI=1S/C16H20N4O4S/c1-12(19-13-6-4-3-5-7-13)11-18-15-9-8-14(25(23,24)17-2)10-16(15)20(21)22/h3-10,12,17-19H,11H2,1-2H3. The lowest BCUT2D eigenvalue weighted by molar-refractivity contribution is -0.384. The molecule has 0 saturated heterocycles. The van der Waals surface area contributed by atoms with Gasteiger partial charge in [0.15, 0.2) is 0 Å². The molecule has 0 aromatic heterocycles. The van der Waals surface area contributed by atoms with Gasteiger partial charge in [-0.05, 0) is 38.2 Å². The molecule has 1 atom stereocenters. The first kappa shape index (κ1) is 18.7. The predicted molar refractivity (Wildman–Crippen MR) is 97.4 cm³/mol. The molecule has 0 amide bonds. The van der Waals surface area contributed by atoms with Crippen molar-refractivity contribution in [2.75, 3.05) is 24.2 Å². The molecule has 3 N–H and O–H groups in total. The van der Waals surface area contributed by atoms with E-state index < -0.39 is 14.9 Å². The van der Waals surface area contributed by atoms with Crippen molar-refractivity contribution >= 4 is 27.1 Å². The third kappa shape index (κ3) is 4.91. The second-order valence-electron chi connectivity index (χ2n) is 5.44. The number of nitro benzene ring substituents is 1. The van der Waals surface area contributed by atoms with Crippen LogP contribution >= 0.6 is 0 Å². The number of sulfonamides is 1. The summed E-state index contributed by atoms with van der Waals surface area (Å²) >= 11 is 0. The fraction of sp³-hybridized carbons (Fsp3) is 0.250. The van der Waals surface area contributed by atoms with Crippen LogP contribution in [0.4, 0.5) is 17.1 Å². The Morgan fingerprint density at radius 1 is 1.16 bits per heavy atom. The predicted octanol–water partition coefficient (Wildman–Crippen LogP) is 2.42. The maximum absolute atomic E-state index is 11.8. The molecule has 25 heavy (non-hydrogen) atoms. The van der Waals surface area contributed by atoms with Gasteiger partial charge in [0, 0.05) is 24.3 Å². The average molecular weight is 364 g/mol. The highest BCUT2D eigenvalue weighted by molar-refractivity contribution is 7.89. The number of rotatable bonds is 8. The molecule has 0 bridgehead atoms. The van der Waals surface area contributed by atoms with E-state index in [4.69, 9.17) is 0 Å². The zero-order valence-corrected chi connectivity index (χ0v) is 14.7. The molecule has 9 heteroatoms. The van der Waals surface area contributed by atoms with E-state index >= 15 is 0 Å². The topological polar surface area (TPSA) is 113 Å². The maximum atomic E-state index is 11.8. The quantitative estimate of drug-likeness (QED) is 0.490. The van der Waals surface area contributed by atoms with Crippen molar-refractivity contribution in [3.05, 3.63) is 58.6 Å². The molecule has 0 radical (unpaired) electrons. The first-order valence-electron chi connectivity index (χ1n) is 7.61. The van der Waals surface area contributed by atoms with Gasteiger partial charge in [0.25, 0.3) is 5.69 Å². The van der Waals surface area contributed by atoms with E-state index in [2.05, 4.69) is 15.4 Å². The number of para-hydroxylation sites is 1. The van der Waals surface area contributed by atoms with Gasteiger partial charge in [0.1, 0.15) is 5.69 Å². The van der Waals surface area contributed by atoms with E-state index in [0.717, 1.165) is 11.8 Å². The molecule has 0 saturated carbocycles. The van der Waals surface area contributed by atoms with Crippen molar-refractivity contribution in [1.29, 1.82) is 0 Å². The fourth-order valence-electron chi connectivity index (χ4n) is 2.23. The molecular formula is C16H20N4O4S. The summed E-state index contributed by atoms with van der Waals surface area (Å²) in [6.07, 6.45) is 0. The summed E-state index contributed by atoms with van der Waals surface area (Å²) in [5.74, 6) is 0. The van der Waals surface area contributed by atoms with E-state index in [1.165, 1.54) is 19.2 Å². The molecule has 1 unspecified atom stereocenters. The summed E-state index contributed by atoms with van der Waals surface area (Å²) in [4.78, 5) is 10.5. The van der Waals surface area contributed by atoms with Crippen LogP contribution in [0.1, 0.15) is 6.92 Å². The van der Waals surface area contributed by atoms with Gasteiger partial charge in [-0.15, -0.1) is 0 Å². The van der Waals surface area contributed by atoms with Gasteiger partial charge in [-0.1, -0.05) is 18.2 Å². The van der Waals surface area contributed by atoms with Crippen LogP contribution in [0.15, 0.2) is 53.4 Å². The minimum Gasteiger partial charge on any atom is -0.381 e. The summed E-state index contributed by atoms with van der Waals surface area (Å²) in [6, 6.07) is 13.4. The monoisotopic (exact) mass is 364 g/mol. The molecule has 0 fully saturated rings. The molecule has 0 aliphatic rings. The molecule has 2 aromatic rings. The van der Waals surface area contributed by atoms with Crippen LogP contribution in [-0.4, -0.2) is 33.0 Å². The van der Waals surface area contributed by atoms with E-state index in [0.29, 0.717) is 6.54 Å². The Morgan fingerprint density at radius 3 is 2.44 bits per heavy atom. The van der Waals surface area contributed by atoms with Crippen LogP contribution in [0.25, 0.3) is 0 Å². The van der Waals surface area contributed by atoms with Crippen LogP contribution in [0.5, 0.6) is 0 Å². The van der Waals surface area contributed by atoms with Gasteiger partial charge in [0.05, 0.1) is 9.82 Å². The Balaban J connectivity index is 2.12. The van der Waals surface area contributed by atoms with Crippen molar-refractivity contribution in [3.63, 3.8) is 0 Å². The molecule has 0 aliphatic carbocycles. The highest BCUT2D eigenvalue weighted by Crippen LogP contribution is 2.27. The first-order valence-corrected chi connectivity index (χ1v) is 9.09. The number of nitrogens with one attached hydrogen (secondary N) is 3.